The largest absolute Gasteiger partial charge is 0.491 e. The standard InChI is InChI=1S/C16H24N2O3/c17-16(20)10-13-4-6-15(7-5-13)21-12-14(19)11-18-8-2-1-3-9-18/h4-7,14,19H,1-3,8-12H2,(H2,17,20)/p+1/t14-/m0/s1. The van der Waals surface area contributed by atoms with Gasteiger partial charge in [0.25, 0.3) is 0 Å². The average molecular weight is 293 g/mol. The molecule has 0 radical (unpaired) electrons. The van der Waals surface area contributed by atoms with Gasteiger partial charge in [-0.15, -0.1) is 0 Å². The number of hydrogen-bond acceptors (Lipinski definition) is 3. The van der Waals surface area contributed by atoms with Gasteiger partial charge in [-0.1, -0.05) is 12.1 Å². The second kappa shape index (κ2) is 8.00. The van der Waals surface area contributed by atoms with Crippen LogP contribution in [-0.4, -0.2) is 43.4 Å². The summed E-state index contributed by atoms with van der Waals surface area (Å²) in [5.41, 5.74) is 6.01. The van der Waals surface area contributed by atoms with Gasteiger partial charge in [0.05, 0.1) is 19.5 Å². The van der Waals surface area contributed by atoms with E-state index in [0.717, 1.165) is 25.2 Å². The lowest BCUT2D eigenvalue weighted by Crippen LogP contribution is -3.14. The lowest BCUT2D eigenvalue weighted by molar-refractivity contribution is -0.908. The van der Waals surface area contributed by atoms with Gasteiger partial charge in [-0.3, -0.25) is 4.79 Å². The summed E-state index contributed by atoms with van der Waals surface area (Å²) >= 11 is 0. The van der Waals surface area contributed by atoms with E-state index in [1.54, 1.807) is 12.1 Å². The van der Waals surface area contributed by atoms with Crippen molar-refractivity contribution >= 4 is 5.91 Å². The van der Waals surface area contributed by atoms with Crippen molar-refractivity contribution in [3.8, 4) is 5.75 Å². The first-order chi connectivity index (χ1) is 10.1. The zero-order chi connectivity index (χ0) is 15.1. The summed E-state index contributed by atoms with van der Waals surface area (Å²) in [6.45, 7) is 3.36. The third-order valence-corrected chi connectivity index (χ3v) is 3.83. The second-order valence-electron chi connectivity index (χ2n) is 5.77. The smallest absolute Gasteiger partial charge is 0.221 e. The monoisotopic (exact) mass is 293 g/mol. The van der Waals surface area contributed by atoms with Crippen LogP contribution in [0.25, 0.3) is 0 Å². The van der Waals surface area contributed by atoms with Crippen LogP contribution in [0.2, 0.25) is 0 Å². The second-order valence-corrected chi connectivity index (χ2v) is 5.77. The Hall–Kier alpha value is -1.59. The Morgan fingerprint density at radius 2 is 1.90 bits per heavy atom. The summed E-state index contributed by atoms with van der Waals surface area (Å²) in [4.78, 5) is 12.3. The highest BCUT2D eigenvalue weighted by Gasteiger charge is 2.18. The summed E-state index contributed by atoms with van der Waals surface area (Å²) in [7, 11) is 0. The van der Waals surface area contributed by atoms with E-state index < -0.39 is 6.10 Å². The molecule has 21 heavy (non-hydrogen) atoms. The zero-order valence-corrected chi connectivity index (χ0v) is 12.4. The van der Waals surface area contributed by atoms with Crippen LogP contribution in [0, 0.1) is 0 Å². The molecule has 0 spiro atoms. The van der Waals surface area contributed by atoms with E-state index in [2.05, 4.69) is 0 Å². The summed E-state index contributed by atoms with van der Waals surface area (Å²) in [5, 5.41) is 10.0. The number of quaternary nitrogens is 1. The van der Waals surface area contributed by atoms with Gasteiger partial charge >= 0.3 is 0 Å². The minimum Gasteiger partial charge on any atom is -0.491 e. The fraction of sp³-hybridized carbons (Fsp3) is 0.562. The van der Waals surface area contributed by atoms with Crippen molar-refractivity contribution in [2.75, 3.05) is 26.2 Å². The van der Waals surface area contributed by atoms with E-state index in [1.807, 2.05) is 12.1 Å². The molecule has 1 aliphatic rings. The molecule has 5 nitrogen and oxygen atoms in total. The SMILES string of the molecule is NC(=O)Cc1ccc(OC[C@@H](O)C[NH+]2CCCCC2)cc1. The van der Waals surface area contributed by atoms with Crippen molar-refractivity contribution in [1.29, 1.82) is 0 Å². The molecule has 116 valence electrons. The molecule has 0 bridgehead atoms. The molecule has 0 aromatic heterocycles. The molecule has 1 amide bonds. The van der Waals surface area contributed by atoms with Crippen LogP contribution in [0.15, 0.2) is 24.3 Å². The number of likely N-dealkylation sites (tertiary alicyclic amines) is 1. The molecule has 1 saturated heterocycles. The van der Waals surface area contributed by atoms with E-state index in [9.17, 15) is 9.90 Å². The molecule has 1 aliphatic heterocycles. The number of carbonyl (C=O) groups excluding carboxylic acids is 1. The van der Waals surface area contributed by atoms with Crippen LogP contribution in [0.4, 0.5) is 0 Å². The Labute approximate surface area is 125 Å². The maximum Gasteiger partial charge on any atom is 0.221 e. The third kappa shape index (κ3) is 5.73. The number of nitrogens with one attached hydrogen (secondary N) is 1. The first kappa shape index (κ1) is 15.8. The number of primary amides is 1. The number of piperidine rings is 1. The number of benzene rings is 1. The van der Waals surface area contributed by atoms with Gasteiger partial charge in [0.1, 0.15) is 25.0 Å². The highest BCUT2D eigenvalue weighted by Crippen LogP contribution is 2.12. The fourth-order valence-electron chi connectivity index (χ4n) is 2.75. The molecular formula is C16H25N2O3+. The number of aliphatic hydroxyl groups is 1. The molecule has 1 atom stereocenters. The average Bonchev–Trinajstić information content (AvgIpc) is 2.47. The van der Waals surface area contributed by atoms with Crippen molar-refractivity contribution in [1.82, 2.24) is 0 Å². The first-order valence-corrected chi connectivity index (χ1v) is 7.65. The van der Waals surface area contributed by atoms with Crippen LogP contribution in [-0.2, 0) is 11.2 Å². The lowest BCUT2D eigenvalue weighted by atomic mass is 10.1. The Balaban J connectivity index is 1.72. The van der Waals surface area contributed by atoms with Gasteiger partial charge in [0, 0.05) is 0 Å². The predicted molar refractivity (Wildman–Crippen MR) is 80.3 cm³/mol. The summed E-state index contributed by atoms with van der Waals surface area (Å²) < 4.78 is 5.59. The highest BCUT2D eigenvalue weighted by atomic mass is 16.5. The minimum atomic E-state index is -0.441. The van der Waals surface area contributed by atoms with Crippen molar-refractivity contribution in [2.24, 2.45) is 5.73 Å². The normalized spacial score (nSPS) is 17.4. The van der Waals surface area contributed by atoms with Crippen LogP contribution in [0.5, 0.6) is 5.75 Å². The van der Waals surface area contributed by atoms with Crippen LogP contribution >= 0.6 is 0 Å². The summed E-state index contributed by atoms with van der Waals surface area (Å²) in [6, 6.07) is 7.25. The Morgan fingerprint density at radius 3 is 2.52 bits per heavy atom. The molecule has 1 fully saturated rings. The molecule has 1 aromatic rings. The lowest BCUT2D eigenvalue weighted by Gasteiger charge is -2.25. The molecule has 0 saturated carbocycles. The summed E-state index contributed by atoms with van der Waals surface area (Å²) in [6.07, 6.45) is 3.62. The number of aliphatic hydroxyl groups excluding tert-OH is 1. The molecule has 0 unspecified atom stereocenters. The van der Waals surface area contributed by atoms with Gasteiger partial charge in [-0.05, 0) is 37.0 Å². The van der Waals surface area contributed by atoms with Crippen LogP contribution < -0.4 is 15.4 Å². The third-order valence-electron chi connectivity index (χ3n) is 3.83. The quantitative estimate of drug-likeness (QED) is 0.636. The first-order valence-electron chi connectivity index (χ1n) is 7.65. The number of amides is 1. The van der Waals surface area contributed by atoms with Crippen molar-refractivity contribution < 1.29 is 19.5 Å². The molecule has 1 aromatic carbocycles. The molecule has 4 N–H and O–H groups in total. The minimum absolute atomic E-state index is 0.237. The van der Waals surface area contributed by atoms with Gasteiger partial charge in [-0.25, -0.2) is 0 Å². The Kier molecular flexibility index (Phi) is 6.02. The van der Waals surface area contributed by atoms with E-state index in [1.165, 1.54) is 24.2 Å². The number of ether oxygens (including phenoxy) is 1. The number of carbonyl (C=O) groups is 1. The maximum absolute atomic E-state index is 10.8. The van der Waals surface area contributed by atoms with E-state index in [-0.39, 0.29) is 12.3 Å². The van der Waals surface area contributed by atoms with Gasteiger partial charge in [0.2, 0.25) is 5.91 Å². The number of hydrogen-bond donors (Lipinski definition) is 3. The molecule has 1 heterocycles. The van der Waals surface area contributed by atoms with Gasteiger partial charge < -0.3 is 20.5 Å². The number of nitrogens with two attached hydrogens (primary N) is 1. The van der Waals surface area contributed by atoms with Crippen molar-refractivity contribution in [3.05, 3.63) is 29.8 Å². The van der Waals surface area contributed by atoms with Crippen LogP contribution in [0.1, 0.15) is 24.8 Å². The zero-order valence-electron chi connectivity index (χ0n) is 12.4. The fourth-order valence-corrected chi connectivity index (χ4v) is 2.75. The topological polar surface area (TPSA) is 77.0 Å². The summed E-state index contributed by atoms with van der Waals surface area (Å²) in [5.74, 6) is 0.361. The van der Waals surface area contributed by atoms with Crippen molar-refractivity contribution in [2.45, 2.75) is 31.8 Å². The highest BCUT2D eigenvalue weighted by molar-refractivity contribution is 5.76. The Bertz CT molecular complexity index is 441. The Morgan fingerprint density at radius 1 is 1.24 bits per heavy atom. The van der Waals surface area contributed by atoms with Gasteiger partial charge in [-0.2, -0.15) is 0 Å². The van der Waals surface area contributed by atoms with Crippen molar-refractivity contribution in [3.63, 3.8) is 0 Å². The predicted octanol–water partition coefficient (Wildman–Crippen LogP) is -0.477. The molecular weight excluding hydrogens is 268 g/mol. The molecule has 2 rings (SSSR count). The molecule has 5 heteroatoms. The van der Waals surface area contributed by atoms with E-state index in [0.29, 0.717) is 12.4 Å². The number of rotatable bonds is 7. The van der Waals surface area contributed by atoms with E-state index >= 15 is 0 Å². The molecule has 0 aliphatic carbocycles. The maximum atomic E-state index is 10.8. The van der Waals surface area contributed by atoms with Crippen LogP contribution in [0.3, 0.4) is 0 Å². The van der Waals surface area contributed by atoms with Gasteiger partial charge in [0.15, 0.2) is 0 Å². The van der Waals surface area contributed by atoms with E-state index in [4.69, 9.17) is 10.5 Å².